The van der Waals surface area contributed by atoms with Crippen LogP contribution in [0.5, 0.6) is 0 Å². The second kappa shape index (κ2) is 7.39. The molecule has 0 spiro atoms. The first kappa shape index (κ1) is 17.5. The van der Waals surface area contributed by atoms with Crippen LogP contribution in [0.2, 0.25) is 0 Å². The van der Waals surface area contributed by atoms with Crippen LogP contribution < -0.4 is 10.9 Å². The monoisotopic (exact) mass is 364 g/mol. The molecule has 6 nitrogen and oxygen atoms in total. The summed E-state index contributed by atoms with van der Waals surface area (Å²) in [5.41, 5.74) is 2.44. The predicted octanol–water partition coefficient (Wildman–Crippen LogP) is 2.66. The zero-order valence-corrected chi connectivity index (χ0v) is 15.2. The Morgan fingerprint density at radius 1 is 1.26 bits per heavy atom. The number of hydrogen-bond donors (Lipinski definition) is 2. The van der Waals surface area contributed by atoms with E-state index in [2.05, 4.69) is 21.9 Å². The van der Waals surface area contributed by atoms with Crippen molar-refractivity contribution in [1.29, 1.82) is 0 Å². The Morgan fingerprint density at radius 3 is 2.74 bits per heavy atom. The van der Waals surface area contributed by atoms with Crippen molar-refractivity contribution < 1.29 is 4.79 Å². The number of carbonyl (C=O) groups is 1. The lowest BCUT2D eigenvalue weighted by Gasteiger charge is -2.26. The van der Waals surface area contributed by atoms with Crippen LogP contribution >= 0.6 is 0 Å². The van der Waals surface area contributed by atoms with Gasteiger partial charge < -0.3 is 15.2 Å². The molecule has 1 saturated carbocycles. The van der Waals surface area contributed by atoms with Gasteiger partial charge in [0, 0.05) is 43.3 Å². The minimum Gasteiger partial charge on any atom is -0.377 e. The molecule has 2 aliphatic rings. The first-order valence-corrected chi connectivity index (χ1v) is 9.46. The summed E-state index contributed by atoms with van der Waals surface area (Å²) in [6.45, 7) is 5.06. The van der Waals surface area contributed by atoms with Gasteiger partial charge in [-0.3, -0.25) is 14.6 Å². The van der Waals surface area contributed by atoms with E-state index < -0.39 is 0 Å². The molecule has 1 aliphatic carbocycles. The maximum Gasteiger partial charge on any atom is 0.271 e. The summed E-state index contributed by atoms with van der Waals surface area (Å²) in [5, 5.41) is 3.52. The second-order valence-corrected chi connectivity index (χ2v) is 7.41. The number of nitrogens with zero attached hydrogens (tertiary/aromatic N) is 2. The second-order valence-electron chi connectivity index (χ2n) is 7.41. The van der Waals surface area contributed by atoms with Gasteiger partial charge in [0.05, 0.1) is 0 Å². The Labute approximate surface area is 158 Å². The fraction of sp³-hybridized carbons (Fsp3) is 0.381. The van der Waals surface area contributed by atoms with Gasteiger partial charge in [-0.05, 0) is 60.9 Å². The van der Waals surface area contributed by atoms with Crippen LogP contribution in [0.1, 0.15) is 19.3 Å². The molecule has 4 rings (SSSR count). The highest BCUT2D eigenvalue weighted by molar-refractivity contribution is 5.87. The molecular weight excluding hydrogens is 340 g/mol. The number of aromatic amines is 1. The smallest absolute Gasteiger partial charge is 0.271 e. The molecule has 2 atom stereocenters. The van der Waals surface area contributed by atoms with Crippen molar-refractivity contribution in [2.75, 3.05) is 18.4 Å². The Balaban J connectivity index is 1.55. The fourth-order valence-electron chi connectivity index (χ4n) is 3.97. The third-order valence-electron chi connectivity index (χ3n) is 5.59. The highest BCUT2D eigenvalue weighted by Crippen LogP contribution is 2.40. The number of carbonyl (C=O) groups excluding carboxylic acids is 1. The molecule has 2 fully saturated rings. The molecule has 1 aliphatic heterocycles. The van der Waals surface area contributed by atoms with Crippen molar-refractivity contribution >= 4 is 11.6 Å². The number of aromatic nitrogens is 2. The average molecular weight is 364 g/mol. The van der Waals surface area contributed by atoms with E-state index in [4.69, 9.17) is 0 Å². The van der Waals surface area contributed by atoms with E-state index in [0.717, 1.165) is 30.6 Å². The van der Waals surface area contributed by atoms with E-state index >= 15 is 0 Å². The van der Waals surface area contributed by atoms with Gasteiger partial charge in [-0.25, -0.2) is 0 Å². The fourth-order valence-corrected chi connectivity index (χ4v) is 3.97. The molecule has 3 heterocycles. The molecule has 1 amide bonds. The number of pyridine rings is 2. The van der Waals surface area contributed by atoms with E-state index in [1.165, 1.54) is 18.9 Å². The van der Waals surface area contributed by atoms with Crippen LogP contribution in [0, 0.1) is 11.8 Å². The molecule has 1 unspecified atom stereocenters. The number of likely N-dealkylation sites (tertiary alicyclic amines) is 1. The van der Waals surface area contributed by atoms with Gasteiger partial charge in [-0.2, -0.15) is 0 Å². The van der Waals surface area contributed by atoms with Gasteiger partial charge in [-0.15, -0.1) is 0 Å². The molecule has 2 aromatic rings. The first-order chi connectivity index (χ1) is 13.2. The van der Waals surface area contributed by atoms with Crippen LogP contribution in [0.3, 0.4) is 0 Å². The number of nitrogens with one attached hydrogen (secondary N) is 2. The quantitative estimate of drug-likeness (QED) is 0.773. The third kappa shape index (κ3) is 3.79. The maximum absolute atomic E-state index is 12.4. The van der Waals surface area contributed by atoms with Gasteiger partial charge in [0.15, 0.2) is 0 Å². The maximum atomic E-state index is 12.4. The number of H-pyrrole nitrogens is 1. The molecule has 1 saturated heterocycles. The summed E-state index contributed by atoms with van der Waals surface area (Å²) < 4.78 is 0. The van der Waals surface area contributed by atoms with E-state index in [9.17, 15) is 9.59 Å². The summed E-state index contributed by atoms with van der Waals surface area (Å²) in [7, 11) is 0. The largest absolute Gasteiger partial charge is 0.377 e. The molecule has 140 valence electrons. The van der Waals surface area contributed by atoms with Crippen LogP contribution in [-0.4, -0.2) is 39.9 Å². The normalized spacial score (nSPS) is 20.3. The van der Waals surface area contributed by atoms with Gasteiger partial charge in [0.1, 0.15) is 5.69 Å². The Kier molecular flexibility index (Phi) is 4.79. The lowest BCUT2D eigenvalue weighted by atomic mass is 9.94. The van der Waals surface area contributed by atoms with Gasteiger partial charge in [0.25, 0.3) is 5.56 Å². The first-order valence-electron chi connectivity index (χ1n) is 9.46. The van der Waals surface area contributed by atoms with Crippen LogP contribution in [0.25, 0.3) is 11.1 Å². The van der Waals surface area contributed by atoms with Crippen LogP contribution in [0.4, 0.5) is 5.69 Å². The molecule has 0 radical (unpaired) electrons. The Morgan fingerprint density at radius 2 is 2.04 bits per heavy atom. The third-order valence-corrected chi connectivity index (χ3v) is 5.59. The molecule has 6 heteroatoms. The standard InChI is InChI=1S/C21H24N4O2/c1-2-19(26)25-10-7-16(13-25)20(15-3-4-15)24-18-11-17(12-23-21(18)27)14-5-8-22-9-6-14/h2,5-6,8-9,11-12,15-16,20,24H,1,3-4,7,10,13H2,(H,23,27)/t16?,20-/m1/s1. The van der Waals surface area contributed by atoms with Gasteiger partial charge in [0.2, 0.25) is 5.91 Å². The molecule has 2 aromatic heterocycles. The average Bonchev–Trinajstić information content (AvgIpc) is 3.43. The van der Waals surface area contributed by atoms with Gasteiger partial charge in [-0.1, -0.05) is 6.58 Å². The van der Waals surface area contributed by atoms with E-state index in [1.54, 1.807) is 18.6 Å². The van der Waals surface area contributed by atoms with Crippen molar-refractivity contribution in [3.63, 3.8) is 0 Å². The van der Waals surface area contributed by atoms with Crippen molar-refractivity contribution in [2.24, 2.45) is 11.8 Å². The van der Waals surface area contributed by atoms with Gasteiger partial charge >= 0.3 is 0 Å². The van der Waals surface area contributed by atoms with Crippen molar-refractivity contribution in [3.05, 3.63) is 59.8 Å². The van der Waals surface area contributed by atoms with Crippen molar-refractivity contribution in [1.82, 2.24) is 14.9 Å². The molecule has 27 heavy (non-hydrogen) atoms. The highest BCUT2D eigenvalue weighted by Gasteiger charge is 2.40. The van der Waals surface area contributed by atoms with E-state index in [-0.39, 0.29) is 17.5 Å². The summed E-state index contributed by atoms with van der Waals surface area (Å²) >= 11 is 0. The summed E-state index contributed by atoms with van der Waals surface area (Å²) in [6.07, 6.45) is 9.89. The molecule has 2 N–H and O–H groups in total. The van der Waals surface area contributed by atoms with Crippen LogP contribution in [0.15, 0.2) is 54.2 Å². The highest BCUT2D eigenvalue weighted by atomic mass is 16.2. The van der Waals surface area contributed by atoms with Crippen LogP contribution in [-0.2, 0) is 4.79 Å². The topological polar surface area (TPSA) is 78.1 Å². The molecular formula is C21H24N4O2. The SMILES string of the molecule is C=CC(=O)N1CCC([C@H](Nc2cc(-c3ccncc3)c[nH]c2=O)C2CC2)C1. The number of amides is 1. The lowest BCUT2D eigenvalue weighted by Crippen LogP contribution is -2.36. The zero-order valence-electron chi connectivity index (χ0n) is 15.2. The van der Waals surface area contributed by atoms with Crippen molar-refractivity contribution in [2.45, 2.75) is 25.3 Å². The Bertz CT molecular complexity index is 889. The van der Waals surface area contributed by atoms with E-state index in [0.29, 0.717) is 17.5 Å². The lowest BCUT2D eigenvalue weighted by molar-refractivity contribution is -0.125. The minimum absolute atomic E-state index is 0.00965. The number of hydrogen-bond acceptors (Lipinski definition) is 4. The summed E-state index contributed by atoms with van der Waals surface area (Å²) in [6, 6.07) is 5.96. The minimum atomic E-state index is -0.115. The summed E-state index contributed by atoms with van der Waals surface area (Å²) in [5.74, 6) is 0.910. The summed E-state index contributed by atoms with van der Waals surface area (Å²) in [4.78, 5) is 33.1. The molecule has 0 aromatic carbocycles. The zero-order chi connectivity index (χ0) is 18.8. The van der Waals surface area contributed by atoms with E-state index in [1.807, 2.05) is 23.1 Å². The Hall–Kier alpha value is -2.89. The number of rotatable bonds is 6. The molecule has 0 bridgehead atoms. The van der Waals surface area contributed by atoms with Crippen molar-refractivity contribution in [3.8, 4) is 11.1 Å². The predicted molar refractivity (Wildman–Crippen MR) is 105 cm³/mol. The number of anilines is 1.